The fourth-order valence-electron chi connectivity index (χ4n) is 1.97. The second-order valence-corrected chi connectivity index (χ2v) is 8.45. The van der Waals surface area contributed by atoms with Crippen LogP contribution in [0, 0.1) is 5.92 Å². The Morgan fingerprint density at radius 1 is 1.56 bits per heavy atom. The first-order valence-corrected chi connectivity index (χ1v) is 8.65. The van der Waals surface area contributed by atoms with Gasteiger partial charge in [-0.15, -0.1) is 11.3 Å². The lowest BCUT2D eigenvalue weighted by Gasteiger charge is -2.15. The van der Waals surface area contributed by atoms with Gasteiger partial charge >= 0.3 is 0 Å². The van der Waals surface area contributed by atoms with Gasteiger partial charge in [-0.2, -0.15) is 0 Å². The highest BCUT2D eigenvalue weighted by Crippen LogP contribution is 2.27. The zero-order valence-electron chi connectivity index (χ0n) is 9.85. The molecule has 0 spiro atoms. The molecule has 2 rings (SSSR count). The van der Waals surface area contributed by atoms with Gasteiger partial charge in [0.25, 0.3) is 0 Å². The molecular weight excluding hydrogens is 294 g/mol. The van der Waals surface area contributed by atoms with Crippen LogP contribution >= 0.6 is 22.9 Å². The van der Waals surface area contributed by atoms with E-state index in [4.69, 9.17) is 11.6 Å². The maximum absolute atomic E-state index is 11.9. The maximum Gasteiger partial charge on any atom is 0.224 e. The lowest BCUT2D eigenvalue weighted by molar-refractivity contribution is -0.124. The van der Waals surface area contributed by atoms with Gasteiger partial charge in [-0.25, -0.2) is 8.42 Å². The van der Waals surface area contributed by atoms with E-state index in [0.29, 0.717) is 10.8 Å². The number of halogens is 1. The van der Waals surface area contributed by atoms with Crippen LogP contribution < -0.4 is 5.32 Å². The highest BCUT2D eigenvalue weighted by molar-refractivity contribution is 7.91. The number of thiophene rings is 1. The fourth-order valence-corrected chi connectivity index (χ4v) is 4.77. The molecule has 7 heteroatoms. The van der Waals surface area contributed by atoms with Crippen molar-refractivity contribution in [2.24, 2.45) is 5.92 Å². The quantitative estimate of drug-likeness (QED) is 0.929. The van der Waals surface area contributed by atoms with E-state index in [1.165, 1.54) is 11.3 Å². The molecule has 0 bridgehead atoms. The van der Waals surface area contributed by atoms with E-state index < -0.39 is 15.8 Å². The average molecular weight is 308 g/mol. The minimum absolute atomic E-state index is 0.0310. The van der Waals surface area contributed by atoms with Gasteiger partial charge in [-0.1, -0.05) is 11.6 Å². The van der Waals surface area contributed by atoms with Crippen molar-refractivity contribution in [3.63, 3.8) is 0 Å². The predicted molar refractivity (Wildman–Crippen MR) is 72.6 cm³/mol. The minimum atomic E-state index is -3.02. The van der Waals surface area contributed by atoms with Crippen LogP contribution in [-0.2, 0) is 14.6 Å². The Morgan fingerprint density at radius 2 is 2.28 bits per heavy atom. The van der Waals surface area contributed by atoms with Gasteiger partial charge in [0.1, 0.15) is 0 Å². The third-order valence-electron chi connectivity index (χ3n) is 2.98. The third-order valence-corrected chi connectivity index (χ3v) is 6.16. The summed E-state index contributed by atoms with van der Waals surface area (Å²) >= 11 is 7.24. The molecule has 1 N–H and O–H groups in total. The number of nitrogens with one attached hydrogen (secondary N) is 1. The van der Waals surface area contributed by atoms with Gasteiger partial charge < -0.3 is 5.32 Å². The molecule has 1 aromatic heterocycles. The highest BCUT2D eigenvalue weighted by atomic mass is 35.5. The van der Waals surface area contributed by atoms with Crippen LogP contribution in [0.4, 0.5) is 0 Å². The van der Waals surface area contributed by atoms with Crippen LogP contribution in [0.5, 0.6) is 0 Å². The molecule has 2 heterocycles. The Labute approximate surface area is 115 Å². The number of rotatable bonds is 3. The van der Waals surface area contributed by atoms with Crippen LogP contribution in [0.3, 0.4) is 0 Å². The highest BCUT2D eigenvalue weighted by Gasteiger charge is 2.33. The molecule has 0 unspecified atom stereocenters. The number of hydrogen-bond donors (Lipinski definition) is 1. The maximum atomic E-state index is 11.9. The summed E-state index contributed by atoms with van der Waals surface area (Å²) in [6, 6.07) is 3.51. The normalized spacial score (nSPS) is 23.8. The molecule has 1 fully saturated rings. The van der Waals surface area contributed by atoms with Gasteiger partial charge in [-0.05, 0) is 25.5 Å². The van der Waals surface area contributed by atoms with Crippen molar-refractivity contribution < 1.29 is 13.2 Å². The van der Waals surface area contributed by atoms with Gasteiger partial charge in [0.2, 0.25) is 5.91 Å². The molecule has 0 saturated carbocycles. The summed E-state index contributed by atoms with van der Waals surface area (Å²) in [7, 11) is -3.02. The molecule has 1 aliphatic rings. The molecule has 100 valence electrons. The number of sulfone groups is 1. The first kappa shape index (κ1) is 13.8. The van der Waals surface area contributed by atoms with Crippen LogP contribution in [-0.4, -0.2) is 25.8 Å². The van der Waals surface area contributed by atoms with Gasteiger partial charge in [-0.3, -0.25) is 4.79 Å². The molecule has 0 aromatic carbocycles. The number of carbonyl (C=O) groups is 1. The Bertz CT molecular complexity index is 552. The van der Waals surface area contributed by atoms with E-state index in [0.717, 1.165) is 4.88 Å². The Balaban J connectivity index is 1.96. The summed E-state index contributed by atoms with van der Waals surface area (Å²) in [5.41, 5.74) is 0. The standard InChI is InChI=1S/C11H14ClNO3S2/c1-7(9-2-3-10(12)17-9)13-11(14)8-4-5-18(15,16)6-8/h2-3,7-8H,4-6H2,1H3,(H,13,14)/t7-,8-/m0/s1. The van der Waals surface area contributed by atoms with E-state index >= 15 is 0 Å². The van der Waals surface area contributed by atoms with Crippen molar-refractivity contribution in [2.45, 2.75) is 19.4 Å². The fraction of sp³-hybridized carbons (Fsp3) is 0.545. The van der Waals surface area contributed by atoms with E-state index in [9.17, 15) is 13.2 Å². The lowest BCUT2D eigenvalue weighted by Crippen LogP contribution is -2.33. The molecule has 1 saturated heterocycles. The van der Waals surface area contributed by atoms with Gasteiger partial charge in [0.05, 0.1) is 27.8 Å². The van der Waals surface area contributed by atoms with Gasteiger partial charge in [0, 0.05) is 4.88 Å². The summed E-state index contributed by atoms with van der Waals surface area (Å²) in [5, 5.41) is 2.84. The van der Waals surface area contributed by atoms with Crippen molar-refractivity contribution in [1.82, 2.24) is 5.32 Å². The predicted octanol–water partition coefficient (Wildman–Crippen LogP) is 2.01. The average Bonchev–Trinajstić information content (AvgIpc) is 2.84. The van der Waals surface area contributed by atoms with E-state index in [-0.39, 0.29) is 23.5 Å². The van der Waals surface area contributed by atoms with Crippen LogP contribution in [0.15, 0.2) is 12.1 Å². The summed E-state index contributed by atoms with van der Waals surface area (Å²) in [6.45, 7) is 1.86. The van der Waals surface area contributed by atoms with Crippen molar-refractivity contribution in [1.29, 1.82) is 0 Å². The van der Waals surface area contributed by atoms with E-state index in [1.54, 1.807) is 6.07 Å². The SMILES string of the molecule is C[C@H](NC(=O)[C@H]1CCS(=O)(=O)C1)c1ccc(Cl)s1. The molecule has 18 heavy (non-hydrogen) atoms. The first-order chi connectivity index (χ1) is 8.37. The third kappa shape index (κ3) is 3.24. The summed E-state index contributed by atoms with van der Waals surface area (Å²) < 4.78 is 23.3. The lowest BCUT2D eigenvalue weighted by atomic mass is 10.1. The van der Waals surface area contributed by atoms with Crippen molar-refractivity contribution in [3.8, 4) is 0 Å². The Hall–Kier alpha value is -0.590. The van der Waals surface area contributed by atoms with E-state index in [1.807, 2.05) is 13.0 Å². The smallest absolute Gasteiger partial charge is 0.224 e. The topological polar surface area (TPSA) is 63.2 Å². The molecule has 0 aliphatic carbocycles. The second kappa shape index (κ2) is 5.19. The van der Waals surface area contributed by atoms with E-state index in [2.05, 4.69) is 5.32 Å². The van der Waals surface area contributed by atoms with Crippen LogP contribution in [0.25, 0.3) is 0 Å². The van der Waals surface area contributed by atoms with Crippen LogP contribution in [0.2, 0.25) is 4.34 Å². The summed E-state index contributed by atoms with van der Waals surface area (Å²) in [5.74, 6) is -0.512. The van der Waals surface area contributed by atoms with Gasteiger partial charge in [0.15, 0.2) is 9.84 Å². The minimum Gasteiger partial charge on any atom is -0.348 e. The largest absolute Gasteiger partial charge is 0.348 e. The zero-order chi connectivity index (χ0) is 13.3. The van der Waals surface area contributed by atoms with Crippen molar-refractivity contribution >= 4 is 38.7 Å². The molecule has 1 aliphatic heterocycles. The first-order valence-electron chi connectivity index (χ1n) is 5.63. The Morgan fingerprint density at radius 3 is 2.78 bits per heavy atom. The van der Waals surface area contributed by atoms with Crippen LogP contribution in [0.1, 0.15) is 24.3 Å². The number of hydrogen-bond acceptors (Lipinski definition) is 4. The number of carbonyl (C=O) groups excluding carboxylic acids is 1. The second-order valence-electron chi connectivity index (χ2n) is 4.47. The summed E-state index contributed by atoms with van der Waals surface area (Å²) in [4.78, 5) is 12.9. The van der Waals surface area contributed by atoms with Crippen molar-refractivity contribution in [3.05, 3.63) is 21.3 Å². The molecule has 1 amide bonds. The zero-order valence-corrected chi connectivity index (χ0v) is 12.2. The molecule has 2 atom stereocenters. The monoisotopic (exact) mass is 307 g/mol. The Kier molecular flexibility index (Phi) is 3.99. The number of amides is 1. The molecular formula is C11H14ClNO3S2. The molecule has 0 radical (unpaired) electrons. The molecule has 1 aromatic rings. The molecule has 4 nitrogen and oxygen atoms in total. The van der Waals surface area contributed by atoms with Crippen molar-refractivity contribution in [2.75, 3.05) is 11.5 Å². The summed E-state index contributed by atoms with van der Waals surface area (Å²) in [6.07, 6.45) is 0.423.